The predicted octanol–water partition coefficient (Wildman–Crippen LogP) is 1.91. The van der Waals surface area contributed by atoms with Crippen LogP contribution in [-0.4, -0.2) is 107 Å². The van der Waals surface area contributed by atoms with E-state index in [1.54, 1.807) is 33.8 Å². The average molecular weight is 623 g/mol. The Morgan fingerprint density at radius 3 is 2.58 bits per heavy atom. The van der Waals surface area contributed by atoms with E-state index >= 15 is 0 Å². The van der Waals surface area contributed by atoms with E-state index in [0.717, 1.165) is 24.0 Å². The molecule has 2 saturated heterocycles. The van der Waals surface area contributed by atoms with E-state index in [0.29, 0.717) is 44.3 Å². The van der Waals surface area contributed by atoms with Gasteiger partial charge in [0.15, 0.2) is 0 Å². The van der Waals surface area contributed by atoms with Gasteiger partial charge >= 0.3 is 5.97 Å². The van der Waals surface area contributed by atoms with Crippen LogP contribution in [0.15, 0.2) is 36.7 Å². The van der Waals surface area contributed by atoms with Crippen LogP contribution in [0.4, 0.5) is 0 Å². The minimum absolute atomic E-state index is 0.136. The minimum atomic E-state index is -0.943. The van der Waals surface area contributed by atoms with Crippen LogP contribution in [0.25, 0.3) is 0 Å². The molecule has 45 heavy (non-hydrogen) atoms. The zero-order valence-electron chi connectivity index (χ0n) is 26.5. The summed E-state index contributed by atoms with van der Waals surface area (Å²) in [6, 6.07) is 7.20. The number of aliphatic carboxylic acids is 1. The zero-order valence-corrected chi connectivity index (χ0v) is 26.5. The second-order valence-electron chi connectivity index (χ2n) is 13.2. The lowest BCUT2D eigenvalue weighted by atomic mass is 9.71. The van der Waals surface area contributed by atoms with Gasteiger partial charge in [-0.15, -0.1) is 0 Å². The Hall–Kier alpha value is -3.77. The summed E-state index contributed by atoms with van der Waals surface area (Å²) in [4.78, 5) is 55.4. The zero-order chi connectivity index (χ0) is 32.1. The average Bonchev–Trinajstić information content (AvgIpc) is 3.63. The summed E-state index contributed by atoms with van der Waals surface area (Å²) >= 11 is 0. The van der Waals surface area contributed by atoms with E-state index in [2.05, 4.69) is 21.8 Å². The molecule has 1 aromatic carbocycles. The molecule has 3 atom stereocenters. The molecule has 1 spiro atoms. The fraction of sp³-hybridized carbons (Fsp3) is 0.606. The van der Waals surface area contributed by atoms with Crippen LogP contribution < -0.4 is 10.6 Å². The number of likely N-dealkylation sites (tertiary alicyclic amines) is 2. The summed E-state index contributed by atoms with van der Waals surface area (Å²) in [5, 5.41) is 19.3. The first-order valence-electron chi connectivity index (χ1n) is 16.0. The van der Waals surface area contributed by atoms with Crippen molar-refractivity contribution in [3.05, 3.63) is 53.3 Å². The number of hydrogen-bond acceptors (Lipinski definition) is 7. The molecule has 3 heterocycles. The van der Waals surface area contributed by atoms with Gasteiger partial charge in [0.05, 0.1) is 36.9 Å². The fourth-order valence-electron chi connectivity index (χ4n) is 7.24. The summed E-state index contributed by atoms with van der Waals surface area (Å²) in [6.45, 7) is 5.96. The molecule has 0 unspecified atom stereocenters. The van der Waals surface area contributed by atoms with E-state index in [4.69, 9.17) is 4.74 Å². The Morgan fingerprint density at radius 1 is 1.13 bits per heavy atom. The molecule has 2 aliphatic heterocycles. The number of benzene rings is 1. The molecule has 3 aliphatic rings. The van der Waals surface area contributed by atoms with E-state index in [1.807, 2.05) is 25.1 Å². The lowest BCUT2D eigenvalue weighted by Gasteiger charge is -2.50. The first-order chi connectivity index (χ1) is 21.6. The molecule has 1 aliphatic carbocycles. The third kappa shape index (κ3) is 7.73. The largest absolute Gasteiger partial charge is 0.480 e. The van der Waals surface area contributed by atoms with Crippen molar-refractivity contribution in [3.63, 3.8) is 0 Å². The SMILES string of the molecule is CNC(=O)[C@@H](NC(=O)[C@@H]1CN(C(=O)c2cnn(Cc3cccc(C)c3)c2)CC12CN(CC(=O)O)C2)[C@@H](C)OCC1CCCCC1. The molecule has 3 fully saturated rings. The standard InChI is InChI=1S/C33H46N6O6/c1-22-8-7-11-25(12-22)14-39-15-26(13-35-39)32(44)38-16-27(33(21-38)19-37(20-33)17-28(40)41)30(42)36-29(31(43)34-3)23(2)45-18-24-9-5-4-6-10-24/h7-8,11-13,15,23-24,27,29H,4-6,9-10,14,16-21H2,1-3H3,(H,34,43)(H,36,42)(H,40,41)/t23-,27+,29+/m1/s1. The van der Waals surface area contributed by atoms with Crippen LogP contribution in [0.1, 0.15) is 60.5 Å². The number of nitrogens with zero attached hydrogens (tertiary/aromatic N) is 4. The molecular weight excluding hydrogens is 576 g/mol. The van der Waals surface area contributed by atoms with Crippen molar-refractivity contribution < 1.29 is 29.0 Å². The fourth-order valence-corrected chi connectivity index (χ4v) is 7.24. The number of carbonyl (C=O) groups is 4. The maximum Gasteiger partial charge on any atom is 0.317 e. The molecule has 1 saturated carbocycles. The van der Waals surface area contributed by atoms with Crippen molar-refractivity contribution in [2.75, 3.05) is 46.4 Å². The highest BCUT2D eigenvalue weighted by molar-refractivity contribution is 5.95. The number of likely N-dealkylation sites (N-methyl/N-ethyl adjacent to an activating group) is 1. The molecule has 1 aromatic heterocycles. The number of carbonyl (C=O) groups excluding carboxylic acids is 3. The van der Waals surface area contributed by atoms with E-state index in [9.17, 15) is 24.3 Å². The maximum absolute atomic E-state index is 13.9. The van der Waals surface area contributed by atoms with Crippen molar-refractivity contribution in [2.24, 2.45) is 17.3 Å². The maximum atomic E-state index is 13.9. The number of aromatic nitrogens is 2. The number of aryl methyl sites for hydroxylation is 1. The molecule has 12 heteroatoms. The van der Waals surface area contributed by atoms with Gasteiger partial charge in [-0.2, -0.15) is 5.10 Å². The molecule has 244 valence electrons. The van der Waals surface area contributed by atoms with Gasteiger partial charge in [0.25, 0.3) is 5.91 Å². The third-order valence-electron chi connectivity index (χ3n) is 9.61. The Labute approximate surface area is 264 Å². The van der Waals surface area contributed by atoms with Gasteiger partial charge in [0, 0.05) is 51.4 Å². The number of nitrogens with one attached hydrogen (secondary N) is 2. The van der Waals surface area contributed by atoms with Gasteiger partial charge in [-0.3, -0.25) is 28.8 Å². The van der Waals surface area contributed by atoms with E-state index in [1.165, 1.54) is 26.3 Å². The highest BCUT2D eigenvalue weighted by Crippen LogP contribution is 2.44. The van der Waals surface area contributed by atoms with Gasteiger partial charge in [0.1, 0.15) is 6.04 Å². The molecule has 12 nitrogen and oxygen atoms in total. The molecule has 0 bridgehead atoms. The topological polar surface area (TPSA) is 146 Å². The van der Waals surface area contributed by atoms with Crippen molar-refractivity contribution in [1.29, 1.82) is 0 Å². The molecule has 3 amide bonds. The van der Waals surface area contributed by atoms with Gasteiger partial charge in [-0.1, -0.05) is 49.1 Å². The minimum Gasteiger partial charge on any atom is -0.480 e. The van der Waals surface area contributed by atoms with Gasteiger partial charge in [-0.05, 0) is 38.2 Å². The van der Waals surface area contributed by atoms with E-state index < -0.39 is 29.4 Å². The Bertz CT molecular complexity index is 1380. The van der Waals surface area contributed by atoms with Crippen LogP contribution in [0.2, 0.25) is 0 Å². The van der Waals surface area contributed by atoms with Gasteiger partial charge < -0.3 is 25.4 Å². The number of rotatable bonds is 12. The molecule has 5 rings (SSSR count). The van der Waals surface area contributed by atoms with Crippen LogP contribution in [0.3, 0.4) is 0 Å². The van der Waals surface area contributed by atoms with Crippen LogP contribution in [-0.2, 0) is 25.7 Å². The second kappa shape index (κ2) is 14.1. The lowest BCUT2D eigenvalue weighted by molar-refractivity contribution is -0.145. The normalized spacial score (nSPS) is 21.2. The number of amides is 3. The summed E-state index contributed by atoms with van der Waals surface area (Å²) in [5.74, 6) is -2.02. The monoisotopic (exact) mass is 622 g/mol. The smallest absolute Gasteiger partial charge is 0.317 e. The Morgan fingerprint density at radius 2 is 1.89 bits per heavy atom. The summed E-state index contributed by atoms with van der Waals surface area (Å²) in [6.07, 6.45) is 8.54. The first kappa shape index (κ1) is 32.6. The number of carboxylic acid groups (broad SMARTS) is 1. The molecule has 2 aromatic rings. The van der Waals surface area contributed by atoms with E-state index in [-0.39, 0.29) is 30.8 Å². The quantitative estimate of drug-likeness (QED) is 0.326. The van der Waals surface area contributed by atoms with Crippen LogP contribution in [0.5, 0.6) is 0 Å². The summed E-state index contributed by atoms with van der Waals surface area (Å²) < 4.78 is 7.85. The van der Waals surface area contributed by atoms with Gasteiger partial charge in [-0.25, -0.2) is 0 Å². The van der Waals surface area contributed by atoms with Crippen LogP contribution >= 0.6 is 0 Å². The summed E-state index contributed by atoms with van der Waals surface area (Å²) in [5.41, 5.74) is 2.02. The third-order valence-corrected chi connectivity index (χ3v) is 9.61. The molecule has 0 radical (unpaired) electrons. The van der Waals surface area contributed by atoms with Crippen molar-refractivity contribution in [2.45, 2.75) is 64.6 Å². The molecule has 3 N–H and O–H groups in total. The molecular formula is C33H46N6O6. The van der Waals surface area contributed by atoms with Crippen molar-refractivity contribution in [1.82, 2.24) is 30.2 Å². The highest BCUT2D eigenvalue weighted by Gasteiger charge is 2.58. The van der Waals surface area contributed by atoms with Gasteiger partial charge in [0.2, 0.25) is 11.8 Å². The Balaban J connectivity index is 1.28. The first-order valence-corrected chi connectivity index (χ1v) is 16.0. The Kier molecular flexibility index (Phi) is 10.2. The number of ether oxygens (including phenoxy) is 1. The van der Waals surface area contributed by atoms with Crippen molar-refractivity contribution >= 4 is 23.7 Å². The second-order valence-corrected chi connectivity index (χ2v) is 13.2. The van der Waals surface area contributed by atoms with Crippen LogP contribution in [0, 0.1) is 24.2 Å². The number of hydrogen-bond donors (Lipinski definition) is 3. The predicted molar refractivity (Wildman–Crippen MR) is 166 cm³/mol. The summed E-state index contributed by atoms with van der Waals surface area (Å²) in [7, 11) is 1.53. The van der Waals surface area contributed by atoms with Crippen molar-refractivity contribution in [3.8, 4) is 0 Å². The lowest BCUT2D eigenvalue weighted by Crippen LogP contribution is -2.64. The highest BCUT2D eigenvalue weighted by atomic mass is 16.5. The number of carboxylic acids is 1.